The summed E-state index contributed by atoms with van der Waals surface area (Å²) in [6.45, 7) is 3.76. The largest absolute Gasteiger partial charge is 0.488 e. The van der Waals surface area contributed by atoms with Crippen molar-refractivity contribution in [1.82, 2.24) is 4.98 Å². The number of ether oxygens (including phenoxy) is 1. The summed E-state index contributed by atoms with van der Waals surface area (Å²) in [6.07, 6.45) is 1.59. The molecule has 104 valence electrons. The molecular formula is C14H13ClN2O3. The Kier molecular flexibility index (Phi) is 4.20. The minimum Gasteiger partial charge on any atom is -0.488 e. The molecule has 20 heavy (non-hydrogen) atoms. The lowest BCUT2D eigenvalue weighted by Gasteiger charge is -2.10. The third-order valence-electron chi connectivity index (χ3n) is 2.91. The summed E-state index contributed by atoms with van der Waals surface area (Å²) in [6, 6.07) is 6.73. The molecule has 0 unspecified atom stereocenters. The van der Waals surface area contributed by atoms with Crippen LogP contribution in [0.15, 0.2) is 30.5 Å². The highest BCUT2D eigenvalue weighted by Gasteiger charge is 2.14. The first-order chi connectivity index (χ1) is 9.49. The first kappa shape index (κ1) is 14.3. The molecule has 1 aromatic heterocycles. The molecule has 2 aromatic rings. The Morgan fingerprint density at radius 1 is 1.35 bits per heavy atom. The van der Waals surface area contributed by atoms with Gasteiger partial charge in [-0.3, -0.25) is 10.1 Å². The van der Waals surface area contributed by atoms with Gasteiger partial charge in [0.15, 0.2) is 0 Å². The second-order valence-electron chi connectivity index (χ2n) is 4.40. The van der Waals surface area contributed by atoms with E-state index in [0.29, 0.717) is 16.5 Å². The highest BCUT2D eigenvalue weighted by molar-refractivity contribution is 6.30. The van der Waals surface area contributed by atoms with Gasteiger partial charge in [0.2, 0.25) is 0 Å². The number of nitro groups is 1. The van der Waals surface area contributed by atoms with Crippen molar-refractivity contribution >= 4 is 17.3 Å². The normalized spacial score (nSPS) is 10.3. The fraction of sp³-hybridized carbons (Fsp3) is 0.214. The summed E-state index contributed by atoms with van der Waals surface area (Å²) in [7, 11) is 0. The molecule has 5 nitrogen and oxygen atoms in total. The lowest BCUT2D eigenvalue weighted by Crippen LogP contribution is -2.00. The summed E-state index contributed by atoms with van der Waals surface area (Å²) in [4.78, 5) is 14.5. The van der Waals surface area contributed by atoms with Crippen LogP contribution in [0.25, 0.3) is 0 Å². The van der Waals surface area contributed by atoms with Crippen molar-refractivity contribution in [2.45, 2.75) is 20.5 Å². The van der Waals surface area contributed by atoms with E-state index in [1.54, 1.807) is 31.3 Å². The Bertz CT molecular complexity index is 659. The van der Waals surface area contributed by atoms with Gasteiger partial charge in [-0.15, -0.1) is 0 Å². The Labute approximate surface area is 121 Å². The second kappa shape index (κ2) is 5.88. The molecule has 0 spiro atoms. The SMILES string of the molecule is Cc1cc(C)c([N+](=O)[O-])cc1OCc1cccnc1Cl. The van der Waals surface area contributed by atoms with Crippen molar-refractivity contribution in [3.8, 4) is 5.75 Å². The number of aryl methyl sites for hydroxylation is 2. The Morgan fingerprint density at radius 2 is 2.10 bits per heavy atom. The van der Waals surface area contributed by atoms with E-state index in [0.717, 1.165) is 11.1 Å². The number of rotatable bonds is 4. The maximum atomic E-state index is 10.9. The molecule has 2 rings (SSSR count). The van der Waals surface area contributed by atoms with E-state index < -0.39 is 4.92 Å². The molecule has 0 saturated heterocycles. The van der Waals surface area contributed by atoms with Crippen molar-refractivity contribution < 1.29 is 9.66 Å². The van der Waals surface area contributed by atoms with Gasteiger partial charge in [0, 0.05) is 17.3 Å². The van der Waals surface area contributed by atoms with E-state index in [1.807, 2.05) is 6.92 Å². The molecule has 0 atom stereocenters. The minimum atomic E-state index is -0.418. The smallest absolute Gasteiger partial charge is 0.276 e. The van der Waals surface area contributed by atoms with Crippen LogP contribution in [0.2, 0.25) is 5.15 Å². The molecule has 0 saturated carbocycles. The van der Waals surface area contributed by atoms with Gasteiger partial charge < -0.3 is 4.74 Å². The Balaban J connectivity index is 2.24. The minimum absolute atomic E-state index is 0.0443. The molecule has 1 aromatic carbocycles. The second-order valence-corrected chi connectivity index (χ2v) is 4.76. The fourth-order valence-corrected chi connectivity index (χ4v) is 2.03. The van der Waals surface area contributed by atoms with E-state index >= 15 is 0 Å². The number of hydrogen-bond acceptors (Lipinski definition) is 4. The number of nitrogens with zero attached hydrogens (tertiary/aromatic N) is 2. The predicted molar refractivity (Wildman–Crippen MR) is 76.1 cm³/mol. The third-order valence-corrected chi connectivity index (χ3v) is 3.25. The number of halogens is 1. The molecule has 0 aliphatic heterocycles. The van der Waals surface area contributed by atoms with Crippen LogP contribution in [0.1, 0.15) is 16.7 Å². The molecule has 6 heteroatoms. The van der Waals surface area contributed by atoms with E-state index in [-0.39, 0.29) is 12.3 Å². The Hall–Kier alpha value is -2.14. The summed E-state index contributed by atoms with van der Waals surface area (Å²) in [5.41, 5.74) is 2.23. The first-order valence-corrected chi connectivity index (χ1v) is 6.34. The monoisotopic (exact) mass is 292 g/mol. The summed E-state index contributed by atoms with van der Waals surface area (Å²) in [5.74, 6) is 0.474. The number of benzene rings is 1. The van der Waals surface area contributed by atoms with Crippen molar-refractivity contribution in [2.75, 3.05) is 0 Å². The van der Waals surface area contributed by atoms with Gasteiger partial charge in [0.1, 0.15) is 17.5 Å². The maximum Gasteiger partial charge on any atom is 0.276 e. The van der Waals surface area contributed by atoms with Crippen LogP contribution in [0.4, 0.5) is 5.69 Å². The zero-order valence-corrected chi connectivity index (χ0v) is 11.8. The van der Waals surface area contributed by atoms with Gasteiger partial charge in [-0.25, -0.2) is 4.98 Å². The molecule has 0 aliphatic rings. The van der Waals surface area contributed by atoms with Gasteiger partial charge in [0.05, 0.1) is 11.0 Å². The Morgan fingerprint density at radius 3 is 2.75 bits per heavy atom. The van der Waals surface area contributed by atoms with Crippen LogP contribution in [0.3, 0.4) is 0 Å². The lowest BCUT2D eigenvalue weighted by molar-refractivity contribution is -0.385. The van der Waals surface area contributed by atoms with E-state index in [1.165, 1.54) is 6.07 Å². The van der Waals surface area contributed by atoms with Gasteiger partial charge >= 0.3 is 0 Å². The highest BCUT2D eigenvalue weighted by atomic mass is 35.5. The van der Waals surface area contributed by atoms with Gasteiger partial charge in [-0.05, 0) is 31.5 Å². The zero-order chi connectivity index (χ0) is 14.7. The van der Waals surface area contributed by atoms with Crippen molar-refractivity contribution in [1.29, 1.82) is 0 Å². The first-order valence-electron chi connectivity index (χ1n) is 5.97. The van der Waals surface area contributed by atoms with Crippen LogP contribution < -0.4 is 4.74 Å². The van der Waals surface area contributed by atoms with Crippen LogP contribution in [0, 0.1) is 24.0 Å². The van der Waals surface area contributed by atoms with Crippen LogP contribution in [-0.4, -0.2) is 9.91 Å². The van der Waals surface area contributed by atoms with Crippen LogP contribution in [-0.2, 0) is 6.61 Å². The topological polar surface area (TPSA) is 65.3 Å². The molecular weight excluding hydrogens is 280 g/mol. The molecule has 0 N–H and O–H groups in total. The number of pyridine rings is 1. The molecule has 1 heterocycles. The summed E-state index contributed by atoms with van der Waals surface area (Å²) >= 11 is 5.94. The van der Waals surface area contributed by atoms with Crippen molar-refractivity contribution in [3.63, 3.8) is 0 Å². The van der Waals surface area contributed by atoms with E-state index in [4.69, 9.17) is 16.3 Å². The average molecular weight is 293 g/mol. The molecule has 0 aliphatic carbocycles. The quantitative estimate of drug-likeness (QED) is 0.488. The van der Waals surface area contributed by atoms with Gasteiger partial charge in [-0.2, -0.15) is 0 Å². The van der Waals surface area contributed by atoms with Gasteiger partial charge in [0.25, 0.3) is 5.69 Å². The molecule has 0 bridgehead atoms. The van der Waals surface area contributed by atoms with Gasteiger partial charge in [-0.1, -0.05) is 17.7 Å². The molecule has 0 radical (unpaired) electrons. The lowest BCUT2D eigenvalue weighted by atomic mass is 10.1. The van der Waals surface area contributed by atoms with Crippen LogP contribution >= 0.6 is 11.6 Å². The van der Waals surface area contributed by atoms with E-state index in [2.05, 4.69) is 4.98 Å². The number of aromatic nitrogens is 1. The summed E-state index contributed by atoms with van der Waals surface area (Å²) in [5, 5.41) is 11.3. The highest BCUT2D eigenvalue weighted by Crippen LogP contribution is 2.29. The number of hydrogen-bond donors (Lipinski definition) is 0. The number of nitro benzene ring substituents is 1. The van der Waals surface area contributed by atoms with Crippen molar-refractivity contribution in [3.05, 3.63) is 62.4 Å². The zero-order valence-electron chi connectivity index (χ0n) is 11.1. The maximum absolute atomic E-state index is 10.9. The summed E-state index contributed by atoms with van der Waals surface area (Å²) < 4.78 is 5.62. The third kappa shape index (κ3) is 3.05. The van der Waals surface area contributed by atoms with Crippen molar-refractivity contribution in [2.24, 2.45) is 0 Å². The standard InChI is InChI=1S/C14H13ClN2O3/c1-9-6-10(2)13(7-12(9)17(18)19)20-8-11-4-3-5-16-14(11)15/h3-7H,8H2,1-2H3. The molecule has 0 amide bonds. The average Bonchev–Trinajstić information content (AvgIpc) is 2.39. The fourth-order valence-electron chi connectivity index (χ4n) is 1.86. The molecule has 0 fully saturated rings. The predicted octanol–water partition coefficient (Wildman–Crippen LogP) is 3.84. The van der Waals surface area contributed by atoms with E-state index in [9.17, 15) is 10.1 Å². The van der Waals surface area contributed by atoms with Crippen LogP contribution in [0.5, 0.6) is 5.75 Å².